The molecule has 0 saturated carbocycles. The molecule has 2 nitrogen and oxygen atoms in total. The lowest BCUT2D eigenvalue weighted by Gasteiger charge is -1.94. The lowest BCUT2D eigenvalue weighted by Crippen LogP contribution is -1.70. The van der Waals surface area contributed by atoms with Gasteiger partial charge in [-0.25, -0.2) is 0 Å². The Bertz CT molecular complexity index is 384. The summed E-state index contributed by atoms with van der Waals surface area (Å²) in [5, 5.41) is 8.27. The smallest absolute Gasteiger partial charge is 0.0857 e. The van der Waals surface area contributed by atoms with Crippen molar-refractivity contribution in [2.45, 2.75) is 20.8 Å². The second-order valence-corrected chi connectivity index (χ2v) is 3.25. The molecular formula is C13H16N2. The summed E-state index contributed by atoms with van der Waals surface area (Å²) in [5.74, 6) is 0. The van der Waals surface area contributed by atoms with Crippen molar-refractivity contribution in [2.75, 3.05) is 0 Å². The van der Waals surface area contributed by atoms with Crippen molar-refractivity contribution in [2.24, 2.45) is 10.2 Å². The number of hydrogen-bond acceptors (Lipinski definition) is 2. The summed E-state index contributed by atoms with van der Waals surface area (Å²) in [4.78, 5) is 0. The van der Waals surface area contributed by atoms with Crippen LogP contribution in [0.5, 0.6) is 0 Å². The summed E-state index contributed by atoms with van der Waals surface area (Å²) in [6.07, 6.45) is 5.80. The van der Waals surface area contributed by atoms with Crippen LogP contribution >= 0.6 is 0 Å². The van der Waals surface area contributed by atoms with Crippen LogP contribution < -0.4 is 0 Å². The van der Waals surface area contributed by atoms with E-state index in [1.807, 2.05) is 56.3 Å². The molecule has 1 rings (SSSR count). The Morgan fingerprint density at radius 2 is 1.80 bits per heavy atom. The molecule has 1 aromatic carbocycles. The molecule has 0 heterocycles. The third-order valence-corrected chi connectivity index (χ3v) is 1.95. The monoisotopic (exact) mass is 200 g/mol. The molecule has 78 valence electrons. The maximum Gasteiger partial charge on any atom is 0.0857 e. The van der Waals surface area contributed by atoms with Gasteiger partial charge in [-0.15, -0.1) is 0 Å². The van der Waals surface area contributed by atoms with Crippen LogP contribution in [0.1, 0.15) is 19.4 Å². The van der Waals surface area contributed by atoms with E-state index >= 15 is 0 Å². The zero-order valence-corrected chi connectivity index (χ0v) is 9.44. The van der Waals surface area contributed by atoms with Crippen molar-refractivity contribution in [3.63, 3.8) is 0 Å². The summed E-state index contributed by atoms with van der Waals surface area (Å²) in [6, 6.07) is 7.97. The van der Waals surface area contributed by atoms with Gasteiger partial charge >= 0.3 is 0 Å². The van der Waals surface area contributed by atoms with Crippen molar-refractivity contribution < 1.29 is 0 Å². The zero-order chi connectivity index (χ0) is 11.1. The van der Waals surface area contributed by atoms with Gasteiger partial charge in [-0.3, -0.25) is 0 Å². The largest absolute Gasteiger partial charge is 0.151 e. The Hall–Kier alpha value is -1.70. The Kier molecular flexibility index (Phi) is 4.48. The highest BCUT2D eigenvalue weighted by molar-refractivity contribution is 5.38. The molecule has 0 radical (unpaired) electrons. The van der Waals surface area contributed by atoms with E-state index in [4.69, 9.17) is 0 Å². The number of azo groups is 1. The first-order valence-electron chi connectivity index (χ1n) is 5.03. The molecule has 2 heteroatoms. The van der Waals surface area contributed by atoms with Gasteiger partial charge in [0.15, 0.2) is 0 Å². The first kappa shape index (κ1) is 11.4. The molecule has 0 saturated heterocycles. The maximum absolute atomic E-state index is 4.14. The normalized spacial score (nSPS) is 12.9. The van der Waals surface area contributed by atoms with E-state index in [1.54, 1.807) is 0 Å². The maximum atomic E-state index is 4.14. The topological polar surface area (TPSA) is 24.7 Å². The highest BCUT2D eigenvalue weighted by Crippen LogP contribution is 2.14. The first-order chi connectivity index (χ1) is 7.26. The number of allylic oxidation sites excluding steroid dienone is 3. The number of benzene rings is 1. The van der Waals surface area contributed by atoms with Gasteiger partial charge in [0.25, 0.3) is 0 Å². The number of hydrogen-bond donors (Lipinski definition) is 0. The summed E-state index contributed by atoms with van der Waals surface area (Å²) in [6.45, 7) is 5.96. The predicted octanol–water partition coefficient (Wildman–Crippen LogP) is 4.56. The van der Waals surface area contributed by atoms with Gasteiger partial charge in [0.2, 0.25) is 0 Å². The van der Waals surface area contributed by atoms with Crippen molar-refractivity contribution >= 4 is 5.69 Å². The van der Waals surface area contributed by atoms with Crippen molar-refractivity contribution in [3.8, 4) is 0 Å². The fourth-order valence-corrected chi connectivity index (χ4v) is 1.08. The minimum absolute atomic E-state index is 0.873. The SMILES string of the molecule is C/C=C\C(=C/C)N=Nc1ccc(C)cc1. The van der Waals surface area contributed by atoms with E-state index in [0.29, 0.717) is 0 Å². The Morgan fingerprint density at radius 3 is 2.33 bits per heavy atom. The molecule has 0 spiro atoms. The van der Waals surface area contributed by atoms with Gasteiger partial charge in [-0.2, -0.15) is 10.2 Å². The van der Waals surface area contributed by atoms with Gasteiger partial charge < -0.3 is 0 Å². The van der Waals surface area contributed by atoms with Gasteiger partial charge in [0, 0.05) is 0 Å². The van der Waals surface area contributed by atoms with E-state index in [2.05, 4.69) is 17.2 Å². The second-order valence-electron chi connectivity index (χ2n) is 3.25. The van der Waals surface area contributed by atoms with Crippen molar-refractivity contribution in [1.29, 1.82) is 0 Å². The van der Waals surface area contributed by atoms with E-state index in [9.17, 15) is 0 Å². The van der Waals surface area contributed by atoms with E-state index in [1.165, 1.54) is 5.56 Å². The summed E-state index contributed by atoms with van der Waals surface area (Å²) in [5.41, 5.74) is 2.98. The molecule has 1 aromatic rings. The predicted molar refractivity (Wildman–Crippen MR) is 64.3 cm³/mol. The third-order valence-electron chi connectivity index (χ3n) is 1.95. The Labute approximate surface area is 91.1 Å². The minimum Gasteiger partial charge on any atom is -0.151 e. The number of aryl methyl sites for hydroxylation is 1. The third kappa shape index (κ3) is 3.90. The molecule has 0 unspecified atom stereocenters. The van der Waals surface area contributed by atoms with Crippen LogP contribution in [0, 0.1) is 6.92 Å². The average Bonchev–Trinajstić information content (AvgIpc) is 2.26. The number of nitrogens with zero attached hydrogens (tertiary/aromatic N) is 2. The van der Waals surface area contributed by atoms with Crippen LogP contribution in [0.3, 0.4) is 0 Å². The Balaban J connectivity index is 2.76. The Morgan fingerprint density at radius 1 is 1.13 bits per heavy atom. The van der Waals surface area contributed by atoms with Crippen LogP contribution in [0.25, 0.3) is 0 Å². The van der Waals surface area contributed by atoms with Gasteiger partial charge in [0.05, 0.1) is 11.4 Å². The highest BCUT2D eigenvalue weighted by Gasteiger charge is 1.89. The first-order valence-corrected chi connectivity index (χ1v) is 5.03. The van der Waals surface area contributed by atoms with Crippen LogP contribution in [0.15, 0.2) is 58.4 Å². The van der Waals surface area contributed by atoms with E-state index < -0.39 is 0 Å². The molecule has 0 bridgehead atoms. The quantitative estimate of drug-likeness (QED) is 0.505. The van der Waals surface area contributed by atoms with Crippen LogP contribution in [-0.4, -0.2) is 0 Å². The highest BCUT2D eigenvalue weighted by atomic mass is 15.1. The van der Waals surface area contributed by atoms with E-state index in [0.717, 1.165) is 11.4 Å². The molecule has 0 amide bonds. The van der Waals surface area contributed by atoms with E-state index in [-0.39, 0.29) is 0 Å². The lowest BCUT2D eigenvalue weighted by molar-refractivity contribution is 1.16. The van der Waals surface area contributed by atoms with Crippen LogP contribution in [0.2, 0.25) is 0 Å². The van der Waals surface area contributed by atoms with Gasteiger partial charge in [0.1, 0.15) is 0 Å². The molecular weight excluding hydrogens is 184 g/mol. The molecule has 0 aliphatic rings. The molecule has 0 atom stereocenters. The molecule has 0 fully saturated rings. The fraction of sp³-hybridized carbons (Fsp3) is 0.231. The van der Waals surface area contributed by atoms with Crippen molar-refractivity contribution in [3.05, 3.63) is 53.8 Å². The molecule has 0 aromatic heterocycles. The minimum atomic E-state index is 0.873. The molecule has 0 N–H and O–H groups in total. The zero-order valence-electron chi connectivity index (χ0n) is 9.44. The van der Waals surface area contributed by atoms with Gasteiger partial charge in [-0.1, -0.05) is 29.8 Å². The number of rotatable bonds is 3. The molecule has 0 aliphatic carbocycles. The van der Waals surface area contributed by atoms with Crippen LogP contribution in [-0.2, 0) is 0 Å². The second kappa shape index (κ2) is 5.91. The lowest BCUT2D eigenvalue weighted by atomic mass is 10.2. The van der Waals surface area contributed by atoms with Crippen LogP contribution in [0.4, 0.5) is 5.69 Å². The average molecular weight is 200 g/mol. The molecule has 0 aliphatic heterocycles. The molecule has 15 heavy (non-hydrogen) atoms. The van der Waals surface area contributed by atoms with Crippen molar-refractivity contribution in [1.82, 2.24) is 0 Å². The summed E-state index contributed by atoms with van der Waals surface area (Å²) < 4.78 is 0. The standard InChI is InChI=1S/C13H16N2/c1-4-6-12(5-2)14-15-13-9-7-11(3)8-10-13/h4-10H,1-3H3/b6-4-,12-5+,15-14?. The summed E-state index contributed by atoms with van der Waals surface area (Å²) >= 11 is 0. The summed E-state index contributed by atoms with van der Waals surface area (Å²) in [7, 11) is 0. The fourth-order valence-electron chi connectivity index (χ4n) is 1.08. The van der Waals surface area contributed by atoms with Gasteiger partial charge in [-0.05, 0) is 39.0 Å².